The molecule has 1 aromatic carbocycles. The first-order chi connectivity index (χ1) is 19.1. The highest BCUT2D eigenvalue weighted by atomic mass is 16.4. The van der Waals surface area contributed by atoms with E-state index >= 15 is 0 Å². The van der Waals surface area contributed by atoms with E-state index in [-0.39, 0.29) is 12.6 Å². The molecule has 214 valence electrons. The summed E-state index contributed by atoms with van der Waals surface area (Å²) in [5, 5.41) is 9.56. The molecule has 2 saturated carbocycles. The third kappa shape index (κ3) is 5.40. The molecule has 2 aromatic rings. The van der Waals surface area contributed by atoms with Crippen LogP contribution in [0.15, 0.2) is 24.3 Å². The topological polar surface area (TPSA) is 61.6 Å². The average molecular weight is 535 g/mol. The zero-order valence-electron chi connectivity index (χ0n) is 24.3. The molecule has 0 spiro atoms. The maximum Gasteiger partial charge on any atom is 0.317 e. The Morgan fingerprint density at radius 3 is 2.21 bits per heavy atom. The monoisotopic (exact) mass is 534 g/mol. The number of para-hydroxylation sites is 2. The second kappa shape index (κ2) is 11.9. The molecule has 39 heavy (non-hydrogen) atoms. The number of carboxylic acids is 1. The van der Waals surface area contributed by atoms with Gasteiger partial charge in [0.15, 0.2) is 0 Å². The van der Waals surface area contributed by atoms with Gasteiger partial charge in [-0.15, -0.1) is 0 Å². The van der Waals surface area contributed by atoms with Gasteiger partial charge >= 0.3 is 5.97 Å². The highest BCUT2D eigenvalue weighted by Gasteiger charge is 2.46. The van der Waals surface area contributed by atoms with Gasteiger partial charge in [-0.1, -0.05) is 58.1 Å². The highest BCUT2D eigenvalue weighted by Crippen LogP contribution is 2.48. The highest BCUT2D eigenvalue weighted by molar-refractivity contribution is 5.76. The zero-order chi connectivity index (χ0) is 26.9. The van der Waals surface area contributed by atoms with Crippen LogP contribution in [0.1, 0.15) is 122 Å². The van der Waals surface area contributed by atoms with Gasteiger partial charge in [-0.2, -0.15) is 0 Å². The summed E-state index contributed by atoms with van der Waals surface area (Å²) in [6.07, 6.45) is 18.8. The molecule has 0 radical (unpaired) electrons. The van der Waals surface area contributed by atoms with Gasteiger partial charge in [0.2, 0.25) is 0 Å². The molecule has 4 heterocycles. The molecule has 5 unspecified atom stereocenters. The zero-order valence-corrected chi connectivity index (χ0v) is 24.3. The van der Waals surface area contributed by atoms with Crippen LogP contribution >= 0.6 is 0 Å². The number of hydrogen-bond donors (Lipinski definition) is 1. The van der Waals surface area contributed by atoms with Crippen molar-refractivity contribution >= 4 is 17.0 Å². The Labute approximate surface area is 235 Å². The first kappa shape index (κ1) is 27.3. The number of nitrogens with zero attached hydrogens (tertiary/aromatic N) is 4. The molecule has 4 bridgehead atoms. The van der Waals surface area contributed by atoms with Crippen LogP contribution in [-0.4, -0.2) is 61.6 Å². The van der Waals surface area contributed by atoms with Crippen molar-refractivity contribution in [1.82, 2.24) is 19.4 Å². The van der Waals surface area contributed by atoms with Crippen molar-refractivity contribution in [3.63, 3.8) is 0 Å². The van der Waals surface area contributed by atoms with Crippen molar-refractivity contribution in [2.45, 2.75) is 134 Å². The number of likely N-dealkylation sites (tertiary alicyclic amines) is 1. The normalized spacial score (nSPS) is 35.3. The van der Waals surface area contributed by atoms with Crippen LogP contribution in [0, 0.1) is 11.8 Å². The van der Waals surface area contributed by atoms with Crippen LogP contribution in [0.25, 0.3) is 11.0 Å². The largest absolute Gasteiger partial charge is 0.480 e. The van der Waals surface area contributed by atoms with Crippen LogP contribution in [-0.2, 0) is 4.79 Å². The summed E-state index contributed by atoms with van der Waals surface area (Å²) in [5.74, 6) is 2.33. The summed E-state index contributed by atoms with van der Waals surface area (Å²) in [4.78, 5) is 22.0. The molecule has 1 N–H and O–H groups in total. The van der Waals surface area contributed by atoms with Gasteiger partial charge in [-0.05, 0) is 88.3 Å². The van der Waals surface area contributed by atoms with Gasteiger partial charge in [-0.3, -0.25) is 14.6 Å². The Morgan fingerprint density at radius 1 is 0.821 bits per heavy atom. The number of hydrogen-bond acceptors (Lipinski definition) is 4. The minimum absolute atomic E-state index is 0.113. The molecule has 5 aliphatic rings. The number of carbonyl (C=O) groups is 1. The van der Waals surface area contributed by atoms with Crippen LogP contribution in [0.4, 0.5) is 0 Å². The quantitative estimate of drug-likeness (QED) is 0.439. The van der Waals surface area contributed by atoms with Crippen molar-refractivity contribution in [3.8, 4) is 0 Å². The van der Waals surface area contributed by atoms with Gasteiger partial charge < -0.3 is 9.67 Å². The van der Waals surface area contributed by atoms with Gasteiger partial charge in [-0.25, -0.2) is 4.98 Å². The second-order valence-electron chi connectivity index (χ2n) is 13.0. The summed E-state index contributed by atoms with van der Waals surface area (Å²) < 4.78 is 2.59. The molecule has 6 heteroatoms. The van der Waals surface area contributed by atoms with E-state index in [0.29, 0.717) is 18.1 Å². The van der Waals surface area contributed by atoms with Gasteiger partial charge in [0.05, 0.1) is 23.6 Å². The Bertz CT molecular complexity index is 1100. The molecular weight excluding hydrogens is 484 g/mol. The minimum Gasteiger partial charge on any atom is -0.480 e. The van der Waals surface area contributed by atoms with E-state index in [9.17, 15) is 9.90 Å². The standard InChI is InChI=1S/C31H44N4O2.C2H6/c36-30(37)20-33-14-6-13-29(33)31-32-27-11-3-4-12-28(27)35(31)26-18-23-9-5-10-24(19-26)34(23)25-16-21-7-1-2-8-22(15-21)17-25;1-2/h3-4,11-12,21-26,29H,1-2,5-10,13-20H2,(H,36,37);1-2H3. The number of aliphatic carboxylic acids is 1. The van der Waals surface area contributed by atoms with Crippen LogP contribution in [0.2, 0.25) is 0 Å². The number of fused-ring (bicyclic) bond motifs is 5. The first-order valence-corrected chi connectivity index (χ1v) is 16.3. The number of benzene rings is 1. The Kier molecular flexibility index (Phi) is 8.32. The maximum atomic E-state index is 11.6. The van der Waals surface area contributed by atoms with Gasteiger partial charge in [0, 0.05) is 24.2 Å². The summed E-state index contributed by atoms with van der Waals surface area (Å²) in [6, 6.07) is 11.4. The summed E-state index contributed by atoms with van der Waals surface area (Å²) >= 11 is 0. The lowest BCUT2D eigenvalue weighted by atomic mass is 9.73. The Morgan fingerprint density at radius 2 is 1.51 bits per heavy atom. The summed E-state index contributed by atoms with van der Waals surface area (Å²) in [6.45, 7) is 4.97. The molecule has 7 rings (SSSR count). The fourth-order valence-electron chi connectivity index (χ4n) is 9.47. The first-order valence-electron chi connectivity index (χ1n) is 16.3. The lowest BCUT2D eigenvalue weighted by Crippen LogP contribution is -2.58. The van der Waals surface area contributed by atoms with Crippen molar-refractivity contribution in [3.05, 3.63) is 30.1 Å². The molecule has 3 saturated heterocycles. The molecule has 5 atom stereocenters. The van der Waals surface area contributed by atoms with E-state index in [2.05, 4.69) is 38.6 Å². The van der Waals surface area contributed by atoms with E-state index in [1.165, 1.54) is 82.6 Å². The number of carboxylic acid groups (broad SMARTS) is 1. The number of rotatable bonds is 5. The van der Waals surface area contributed by atoms with Crippen molar-refractivity contribution in [2.24, 2.45) is 11.8 Å². The molecule has 3 aliphatic heterocycles. The predicted octanol–water partition coefficient (Wildman–Crippen LogP) is 7.20. The molecule has 5 fully saturated rings. The lowest BCUT2D eigenvalue weighted by molar-refractivity contribution is -0.138. The van der Waals surface area contributed by atoms with Crippen LogP contribution in [0.5, 0.6) is 0 Å². The third-order valence-electron chi connectivity index (χ3n) is 10.8. The van der Waals surface area contributed by atoms with E-state index in [0.717, 1.165) is 48.6 Å². The lowest BCUT2D eigenvalue weighted by Gasteiger charge is -2.55. The van der Waals surface area contributed by atoms with E-state index in [1.807, 2.05) is 13.8 Å². The smallest absolute Gasteiger partial charge is 0.317 e. The Hall–Kier alpha value is -1.92. The van der Waals surface area contributed by atoms with Gasteiger partial charge in [0.1, 0.15) is 5.82 Å². The molecule has 0 amide bonds. The number of aromatic nitrogens is 2. The summed E-state index contributed by atoms with van der Waals surface area (Å²) in [5.41, 5.74) is 2.32. The van der Waals surface area contributed by atoms with Crippen molar-refractivity contribution in [1.29, 1.82) is 0 Å². The number of imidazole rings is 1. The third-order valence-corrected chi connectivity index (χ3v) is 10.8. The maximum absolute atomic E-state index is 11.6. The molecule has 1 aromatic heterocycles. The SMILES string of the molecule is CC.O=C(O)CN1CCCC1c1nc2ccccc2n1C1CC2CCCC(C1)N2C1CC2CCCCC(C2)C1. The minimum atomic E-state index is -0.731. The molecular formula is C33H50N4O2. The van der Waals surface area contributed by atoms with E-state index < -0.39 is 5.97 Å². The molecule has 2 aliphatic carbocycles. The summed E-state index contributed by atoms with van der Waals surface area (Å²) in [7, 11) is 0. The van der Waals surface area contributed by atoms with Gasteiger partial charge in [0.25, 0.3) is 0 Å². The predicted molar refractivity (Wildman–Crippen MR) is 157 cm³/mol. The number of piperidine rings is 2. The van der Waals surface area contributed by atoms with Crippen molar-refractivity contribution in [2.75, 3.05) is 13.1 Å². The Balaban J connectivity index is 0.00000135. The van der Waals surface area contributed by atoms with Crippen LogP contribution in [0.3, 0.4) is 0 Å². The fourth-order valence-corrected chi connectivity index (χ4v) is 9.47. The van der Waals surface area contributed by atoms with E-state index in [1.54, 1.807) is 0 Å². The van der Waals surface area contributed by atoms with Crippen LogP contribution < -0.4 is 0 Å². The molecule has 6 nitrogen and oxygen atoms in total. The second-order valence-corrected chi connectivity index (χ2v) is 13.0. The fraction of sp³-hybridized carbons (Fsp3) is 0.758. The average Bonchev–Trinajstić information content (AvgIpc) is 3.50. The van der Waals surface area contributed by atoms with E-state index in [4.69, 9.17) is 4.98 Å². The van der Waals surface area contributed by atoms with Crippen molar-refractivity contribution < 1.29 is 9.90 Å².